The molecule has 0 aliphatic heterocycles. The summed E-state index contributed by atoms with van der Waals surface area (Å²) >= 11 is 3.58. The number of nitrogens with one attached hydrogen (secondary N) is 1. The van der Waals surface area contributed by atoms with E-state index in [0.29, 0.717) is 33.2 Å². The van der Waals surface area contributed by atoms with E-state index >= 15 is 0 Å². The lowest BCUT2D eigenvalue weighted by molar-refractivity contribution is -0.0526. The summed E-state index contributed by atoms with van der Waals surface area (Å²) in [6.07, 6.45) is 4.33. The first kappa shape index (κ1) is 24.9. The highest BCUT2D eigenvalue weighted by Crippen LogP contribution is 2.41. The van der Waals surface area contributed by atoms with E-state index in [1.807, 2.05) is 4.57 Å². The van der Waals surface area contributed by atoms with Gasteiger partial charge in [-0.3, -0.25) is 4.79 Å². The molecule has 1 fully saturated rings. The van der Waals surface area contributed by atoms with Gasteiger partial charge in [0.2, 0.25) is 0 Å². The van der Waals surface area contributed by atoms with Gasteiger partial charge in [0.1, 0.15) is 6.73 Å². The molecule has 0 atom stereocenters. The Hall–Kier alpha value is -2.24. The number of nitrogens with zero attached hydrogens (tertiary/aromatic N) is 2. The molecular weight excluding hydrogens is 528 g/mol. The van der Waals surface area contributed by atoms with E-state index in [1.165, 1.54) is 6.07 Å². The fraction of sp³-hybridized carbons (Fsp3) is 0.478. The molecule has 2 aromatic heterocycles. The standard InChI is InChI=1S/C23H28BrF2N3O4Si/c1-34(2,3)10-9-31-13-29-16-12-27-28-22(30)19(16)20(24)21(29)14-7-8-17(33-23(25)26)18(11-14)32-15-5-4-6-15/h7-8,11-12,15,23H,4-6,9-10,13H2,1-3H3,(H,28,30). The van der Waals surface area contributed by atoms with E-state index in [0.717, 1.165) is 25.3 Å². The smallest absolute Gasteiger partial charge is 0.387 e. The highest BCUT2D eigenvalue weighted by molar-refractivity contribution is 9.10. The van der Waals surface area contributed by atoms with E-state index in [9.17, 15) is 13.6 Å². The van der Waals surface area contributed by atoms with Gasteiger partial charge in [-0.25, -0.2) is 5.10 Å². The summed E-state index contributed by atoms with van der Waals surface area (Å²) in [7, 11) is -1.27. The number of ether oxygens (including phenoxy) is 3. The van der Waals surface area contributed by atoms with Crippen LogP contribution in [0.4, 0.5) is 8.78 Å². The van der Waals surface area contributed by atoms with Crippen LogP contribution in [0.25, 0.3) is 22.2 Å². The molecule has 1 aliphatic carbocycles. The summed E-state index contributed by atoms with van der Waals surface area (Å²) in [5.74, 6) is 0.230. The van der Waals surface area contributed by atoms with Crippen molar-refractivity contribution in [2.75, 3.05) is 6.61 Å². The number of aromatic amines is 1. The summed E-state index contributed by atoms with van der Waals surface area (Å²) < 4.78 is 45.0. The van der Waals surface area contributed by atoms with E-state index in [2.05, 4.69) is 45.8 Å². The third-order valence-electron chi connectivity index (χ3n) is 5.82. The molecule has 0 radical (unpaired) electrons. The van der Waals surface area contributed by atoms with Crippen molar-refractivity contribution in [1.29, 1.82) is 0 Å². The SMILES string of the molecule is C[Si](C)(C)CCOCn1c(-c2ccc(OC(F)F)c(OC3CCC3)c2)c(Br)c2c(=O)[nH]ncc21. The molecule has 0 amide bonds. The van der Waals surface area contributed by atoms with Gasteiger partial charge in [-0.1, -0.05) is 19.6 Å². The number of hydrogen-bond donors (Lipinski definition) is 1. The number of halogens is 3. The summed E-state index contributed by atoms with van der Waals surface area (Å²) in [6, 6.07) is 5.82. The first-order valence-corrected chi connectivity index (χ1v) is 15.7. The average Bonchev–Trinajstić information content (AvgIpc) is 3.01. The summed E-state index contributed by atoms with van der Waals surface area (Å²) in [4.78, 5) is 12.6. The highest BCUT2D eigenvalue weighted by Gasteiger charge is 2.25. The van der Waals surface area contributed by atoms with Crippen LogP contribution in [0.5, 0.6) is 11.5 Å². The minimum atomic E-state index is -2.96. The fourth-order valence-electron chi connectivity index (χ4n) is 3.72. The van der Waals surface area contributed by atoms with Crippen LogP contribution in [-0.2, 0) is 11.5 Å². The fourth-order valence-corrected chi connectivity index (χ4v) is 5.31. The largest absolute Gasteiger partial charge is 0.487 e. The van der Waals surface area contributed by atoms with Gasteiger partial charge in [0, 0.05) is 20.2 Å². The highest BCUT2D eigenvalue weighted by atomic mass is 79.9. The molecule has 0 unspecified atom stereocenters. The lowest BCUT2D eigenvalue weighted by Gasteiger charge is -2.27. The first-order chi connectivity index (χ1) is 16.1. The Kier molecular flexibility index (Phi) is 7.44. The van der Waals surface area contributed by atoms with Crippen molar-refractivity contribution in [3.05, 3.63) is 39.2 Å². The third-order valence-corrected chi connectivity index (χ3v) is 8.30. The Bertz CT molecular complexity index is 1220. The van der Waals surface area contributed by atoms with Crippen LogP contribution in [0.1, 0.15) is 19.3 Å². The Morgan fingerprint density at radius 2 is 2.03 bits per heavy atom. The Morgan fingerprint density at radius 3 is 2.68 bits per heavy atom. The van der Waals surface area contributed by atoms with Crippen LogP contribution in [0.15, 0.2) is 33.7 Å². The molecule has 0 spiro atoms. The molecule has 7 nitrogen and oxygen atoms in total. The monoisotopic (exact) mass is 555 g/mol. The molecular formula is C23H28BrF2N3O4Si. The molecule has 1 aliphatic rings. The van der Waals surface area contributed by atoms with Crippen LogP contribution >= 0.6 is 15.9 Å². The summed E-state index contributed by atoms with van der Waals surface area (Å²) in [5, 5.41) is 6.86. The predicted molar refractivity (Wildman–Crippen MR) is 132 cm³/mol. The zero-order valence-corrected chi connectivity index (χ0v) is 22.0. The second-order valence-corrected chi connectivity index (χ2v) is 16.0. The van der Waals surface area contributed by atoms with Crippen LogP contribution in [-0.4, -0.2) is 42.2 Å². The summed E-state index contributed by atoms with van der Waals surface area (Å²) in [5.41, 5.74) is 1.61. The molecule has 0 saturated heterocycles. The van der Waals surface area contributed by atoms with Gasteiger partial charge < -0.3 is 18.8 Å². The van der Waals surface area contributed by atoms with Crippen molar-refractivity contribution >= 4 is 34.9 Å². The molecule has 2 heterocycles. The van der Waals surface area contributed by atoms with Crippen LogP contribution in [0.3, 0.4) is 0 Å². The number of H-pyrrole nitrogens is 1. The lowest BCUT2D eigenvalue weighted by atomic mass is 9.96. The van der Waals surface area contributed by atoms with Gasteiger partial charge in [0.05, 0.1) is 33.4 Å². The maximum atomic E-state index is 13.0. The minimum absolute atomic E-state index is 0.0182. The van der Waals surface area contributed by atoms with Crippen molar-refractivity contribution in [1.82, 2.24) is 14.8 Å². The molecule has 3 aromatic rings. The topological polar surface area (TPSA) is 78.4 Å². The first-order valence-electron chi connectivity index (χ1n) is 11.2. The number of alkyl halides is 2. The maximum Gasteiger partial charge on any atom is 0.387 e. The molecule has 1 aromatic carbocycles. The minimum Gasteiger partial charge on any atom is -0.487 e. The van der Waals surface area contributed by atoms with Gasteiger partial charge in [0.15, 0.2) is 11.5 Å². The van der Waals surface area contributed by atoms with E-state index in [-0.39, 0.29) is 29.9 Å². The van der Waals surface area contributed by atoms with Crippen molar-refractivity contribution in [2.45, 2.75) is 64.4 Å². The molecule has 0 bridgehead atoms. The van der Waals surface area contributed by atoms with Gasteiger partial charge in [-0.05, 0) is 59.4 Å². The predicted octanol–water partition coefficient (Wildman–Crippen LogP) is 6.00. The lowest BCUT2D eigenvalue weighted by Crippen LogP contribution is -2.25. The summed E-state index contributed by atoms with van der Waals surface area (Å²) in [6.45, 7) is 4.68. The second kappa shape index (κ2) is 10.2. The maximum absolute atomic E-state index is 13.0. The molecule has 1 saturated carbocycles. The van der Waals surface area contributed by atoms with Gasteiger partial charge in [-0.15, -0.1) is 0 Å². The number of fused-ring (bicyclic) bond motifs is 1. The molecule has 34 heavy (non-hydrogen) atoms. The van der Waals surface area contributed by atoms with Gasteiger partial charge in [0.25, 0.3) is 5.56 Å². The molecule has 1 N–H and O–H groups in total. The normalized spacial score (nSPS) is 14.6. The number of rotatable bonds is 10. The number of benzene rings is 1. The van der Waals surface area contributed by atoms with E-state index in [4.69, 9.17) is 14.2 Å². The zero-order valence-electron chi connectivity index (χ0n) is 19.4. The molecule has 11 heteroatoms. The van der Waals surface area contributed by atoms with E-state index in [1.54, 1.807) is 18.3 Å². The molecule has 4 rings (SSSR count). The van der Waals surface area contributed by atoms with Crippen molar-refractivity contribution in [3.63, 3.8) is 0 Å². The Balaban J connectivity index is 1.76. The van der Waals surface area contributed by atoms with Gasteiger partial charge >= 0.3 is 6.61 Å². The van der Waals surface area contributed by atoms with Crippen LogP contribution in [0.2, 0.25) is 25.7 Å². The number of hydrogen-bond acceptors (Lipinski definition) is 5. The van der Waals surface area contributed by atoms with E-state index < -0.39 is 14.7 Å². The Morgan fingerprint density at radius 1 is 1.26 bits per heavy atom. The van der Waals surface area contributed by atoms with Gasteiger partial charge in [-0.2, -0.15) is 13.9 Å². The average molecular weight is 556 g/mol. The van der Waals surface area contributed by atoms with Crippen molar-refractivity contribution < 1.29 is 23.0 Å². The molecule has 184 valence electrons. The zero-order chi connectivity index (χ0) is 24.5. The van der Waals surface area contributed by atoms with Crippen molar-refractivity contribution in [3.8, 4) is 22.8 Å². The number of aromatic nitrogens is 3. The quantitative estimate of drug-likeness (QED) is 0.245. The van der Waals surface area contributed by atoms with Crippen molar-refractivity contribution in [2.24, 2.45) is 0 Å². The van der Waals surface area contributed by atoms with Crippen LogP contribution < -0.4 is 15.0 Å². The third kappa shape index (κ3) is 5.52. The second-order valence-electron chi connectivity index (χ2n) is 9.61. The van der Waals surface area contributed by atoms with Crippen LogP contribution in [0, 0.1) is 0 Å². The Labute approximate surface area is 205 Å².